The van der Waals surface area contributed by atoms with Gasteiger partial charge in [0.2, 0.25) is 5.88 Å². The highest BCUT2D eigenvalue weighted by molar-refractivity contribution is 5.89. The van der Waals surface area contributed by atoms with Crippen molar-refractivity contribution < 1.29 is 27.4 Å². The second kappa shape index (κ2) is 7.83. The Hall–Kier alpha value is -2.03. The zero-order valence-electron chi connectivity index (χ0n) is 12.5. The van der Waals surface area contributed by atoms with E-state index in [0.717, 1.165) is 6.07 Å². The fourth-order valence-electron chi connectivity index (χ4n) is 1.53. The minimum atomic E-state index is -4.71. The van der Waals surface area contributed by atoms with E-state index in [1.807, 2.05) is 0 Å². The maximum atomic E-state index is 13.0. The molecule has 1 heterocycles. The number of nitrogens with one attached hydrogen (secondary N) is 1. The highest BCUT2D eigenvalue weighted by Crippen LogP contribution is 2.34. The van der Waals surface area contributed by atoms with E-state index >= 15 is 0 Å². The molecule has 0 radical (unpaired) electrons. The number of halogens is 3. The third kappa shape index (κ3) is 5.06. The molecular formula is C13H18F3N3O3. The summed E-state index contributed by atoms with van der Waals surface area (Å²) < 4.78 is 48.6. The number of pyridine rings is 1. The Bertz CT molecular complexity index is 509. The van der Waals surface area contributed by atoms with Crippen LogP contribution in [0, 0.1) is 0 Å². The fourth-order valence-corrected chi connectivity index (χ4v) is 1.53. The molecule has 1 aromatic rings. The Balaban J connectivity index is 2.86. The number of nitrogens with zero attached hydrogens (tertiary/aromatic N) is 2. The third-order valence-corrected chi connectivity index (χ3v) is 2.71. The van der Waals surface area contributed by atoms with Crippen LogP contribution in [0.5, 0.6) is 5.88 Å². The van der Waals surface area contributed by atoms with Crippen molar-refractivity contribution in [2.75, 3.05) is 39.2 Å². The molecule has 0 aliphatic carbocycles. The molecule has 0 unspecified atom stereocenters. The number of hydrogen-bond donors (Lipinski definition) is 1. The molecule has 2 amide bonds. The number of aromatic nitrogens is 1. The van der Waals surface area contributed by atoms with Crippen LogP contribution in [0.3, 0.4) is 0 Å². The van der Waals surface area contributed by atoms with E-state index in [1.54, 1.807) is 6.92 Å². The highest BCUT2D eigenvalue weighted by Gasteiger charge is 2.36. The summed E-state index contributed by atoms with van der Waals surface area (Å²) in [5.41, 5.74) is -1.64. The number of methoxy groups -OCH3 is 1. The minimum absolute atomic E-state index is 0.185. The zero-order valence-corrected chi connectivity index (χ0v) is 12.5. The van der Waals surface area contributed by atoms with Crippen LogP contribution in [0.4, 0.5) is 23.7 Å². The molecule has 1 N–H and O–H groups in total. The molecule has 0 fully saturated rings. The molecule has 124 valence electrons. The number of carbonyl (C=O) groups excluding carboxylic acids is 1. The lowest BCUT2D eigenvalue weighted by molar-refractivity contribution is -0.140. The Morgan fingerprint density at radius 1 is 1.41 bits per heavy atom. The Morgan fingerprint density at radius 3 is 2.64 bits per heavy atom. The van der Waals surface area contributed by atoms with Crippen LogP contribution in [0.2, 0.25) is 0 Å². The van der Waals surface area contributed by atoms with E-state index in [4.69, 9.17) is 4.74 Å². The fraction of sp³-hybridized carbons (Fsp3) is 0.538. The van der Waals surface area contributed by atoms with E-state index < -0.39 is 23.6 Å². The van der Waals surface area contributed by atoms with Crippen molar-refractivity contribution in [1.82, 2.24) is 9.88 Å². The van der Waals surface area contributed by atoms with Crippen molar-refractivity contribution in [1.29, 1.82) is 0 Å². The van der Waals surface area contributed by atoms with Gasteiger partial charge in [0.15, 0.2) is 5.69 Å². The molecule has 0 aliphatic rings. The molecular weight excluding hydrogens is 303 g/mol. The van der Waals surface area contributed by atoms with Crippen LogP contribution in [-0.4, -0.2) is 49.8 Å². The smallest absolute Gasteiger partial charge is 0.435 e. The predicted molar refractivity (Wildman–Crippen MR) is 73.9 cm³/mol. The highest BCUT2D eigenvalue weighted by atomic mass is 19.4. The van der Waals surface area contributed by atoms with Crippen LogP contribution in [0.25, 0.3) is 0 Å². The Kier molecular flexibility index (Phi) is 6.41. The summed E-state index contributed by atoms with van der Waals surface area (Å²) in [6.45, 7) is 2.85. The SMILES string of the molecule is CCOCCN(C)C(=O)Nc1ccc(OC)nc1C(F)(F)F. The number of ether oxygens (including phenoxy) is 2. The lowest BCUT2D eigenvalue weighted by Gasteiger charge is -2.19. The van der Waals surface area contributed by atoms with Gasteiger partial charge in [0.1, 0.15) is 0 Å². The van der Waals surface area contributed by atoms with Crippen LogP contribution >= 0.6 is 0 Å². The average Bonchev–Trinajstić information content (AvgIpc) is 2.46. The molecule has 1 aromatic heterocycles. The first-order valence-corrected chi connectivity index (χ1v) is 6.51. The van der Waals surface area contributed by atoms with E-state index in [9.17, 15) is 18.0 Å². The molecule has 0 saturated carbocycles. The van der Waals surface area contributed by atoms with Crippen LogP contribution in [-0.2, 0) is 10.9 Å². The molecule has 0 aromatic carbocycles. The monoisotopic (exact) mass is 321 g/mol. The van der Waals surface area contributed by atoms with Gasteiger partial charge in [-0.25, -0.2) is 9.78 Å². The van der Waals surface area contributed by atoms with Gasteiger partial charge in [-0.3, -0.25) is 0 Å². The number of likely N-dealkylation sites (N-methyl/N-ethyl adjacent to an activating group) is 1. The molecule has 0 aliphatic heterocycles. The summed E-state index contributed by atoms with van der Waals surface area (Å²) in [6, 6.07) is 1.66. The van der Waals surface area contributed by atoms with Gasteiger partial charge in [0.05, 0.1) is 19.4 Å². The lowest BCUT2D eigenvalue weighted by atomic mass is 10.3. The number of carbonyl (C=O) groups is 1. The van der Waals surface area contributed by atoms with Crippen molar-refractivity contribution in [3.05, 3.63) is 17.8 Å². The normalized spacial score (nSPS) is 11.2. The van der Waals surface area contributed by atoms with Crippen LogP contribution in [0.1, 0.15) is 12.6 Å². The molecule has 0 spiro atoms. The average molecular weight is 321 g/mol. The van der Waals surface area contributed by atoms with Gasteiger partial charge in [0.25, 0.3) is 0 Å². The number of amides is 2. The van der Waals surface area contributed by atoms with Gasteiger partial charge >= 0.3 is 12.2 Å². The minimum Gasteiger partial charge on any atom is -0.481 e. The van der Waals surface area contributed by atoms with Crippen molar-refractivity contribution in [2.24, 2.45) is 0 Å². The van der Waals surface area contributed by atoms with Gasteiger partial charge < -0.3 is 19.7 Å². The first-order valence-electron chi connectivity index (χ1n) is 6.51. The maximum Gasteiger partial charge on any atom is 0.435 e. The Morgan fingerprint density at radius 2 is 2.09 bits per heavy atom. The maximum absolute atomic E-state index is 13.0. The van der Waals surface area contributed by atoms with Crippen molar-refractivity contribution in [3.8, 4) is 5.88 Å². The summed E-state index contributed by atoms with van der Waals surface area (Å²) >= 11 is 0. The second-order valence-corrected chi connectivity index (χ2v) is 4.30. The molecule has 0 atom stereocenters. The lowest BCUT2D eigenvalue weighted by Crippen LogP contribution is -2.34. The zero-order chi connectivity index (χ0) is 16.8. The van der Waals surface area contributed by atoms with Gasteiger partial charge in [-0.15, -0.1) is 0 Å². The summed E-state index contributed by atoms with van der Waals surface area (Å²) in [7, 11) is 2.67. The van der Waals surface area contributed by atoms with Crippen molar-refractivity contribution in [2.45, 2.75) is 13.1 Å². The van der Waals surface area contributed by atoms with Gasteiger partial charge in [0, 0.05) is 26.3 Å². The van der Waals surface area contributed by atoms with Crippen LogP contribution < -0.4 is 10.1 Å². The standard InChI is InChI=1S/C13H18F3N3O3/c1-4-22-8-7-19(2)12(20)17-9-5-6-10(21-3)18-11(9)13(14,15)16/h5-6H,4,7-8H2,1-3H3,(H,17,20). The predicted octanol–water partition coefficient (Wildman–Crippen LogP) is 2.61. The number of rotatable bonds is 6. The molecule has 9 heteroatoms. The quantitative estimate of drug-likeness (QED) is 0.818. The first kappa shape index (κ1) is 18.0. The van der Waals surface area contributed by atoms with E-state index in [1.165, 1.54) is 25.1 Å². The van der Waals surface area contributed by atoms with E-state index in [-0.39, 0.29) is 12.4 Å². The van der Waals surface area contributed by atoms with Crippen molar-refractivity contribution in [3.63, 3.8) is 0 Å². The Labute approximate surface area is 126 Å². The topological polar surface area (TPSA) is 63.7 Å². The number of anilines is 1. The largest absolute Gasteiger partial charge is 0.481 e. The number of hydrogen-bond acceptors (Lipinski definition) is 4. The summed E-state index contributed by atoms with van der Waals surface area (Å²) in [5, 5.41) is 2.19. The molecule has 0 bridgehead atoms. The summed E-state index contributed by atoms with van der Waals surface area (Å²) in [6.07, 6.45) is -4.71. The molecule has 1 rings (SSSR count). The van der Waals surface area contributed by atoms with E-state index in [2.05, 4.69) is 15.0 Å². The van der Waals surface area contributed by atoms with E-state index in [0.29, 0.717) is 13.2 Å². The molecule has 6 nitrogen and oxygen atoms in total. The van der Waals surface area contributed by atoms with Crippen LogP contribution in [0.15, 0.2) is 12.1 Å². The van der Waals surface area contributed by atoms with Gasteiger partial charge in [-0.05, 0) is 13.0 Å². The summed E-state index contributed by atoms with van der Waals surface area (Å²) in [5.74, 6) is -0.185. The number of urea groups is 1. The molecule has 0 saturated heterocycles. The van der Waals surface area contributed by atoms with Gasteiger partial charge in [-0.2, -0.15) is 13.2 Å². The first-order chi connectivity index (χ1) is 10.3. The number of alkyl halides is 3. The summed E-state index contributed by atoms with van der Waals surface area (Å²) in [4.78, 5) is 16.4. The molecule has 22 heavy (non-hydrogen) atoms. The van der Waals surface area contributed by atoms with Crippen molar-refractivity contribution >= 4 is 11.7 Å². The third-order valence-electron chi connectivity index (χ3n) is 2.71. The van der Waals surface area contributed by atoms with Gasteiger partial charge in [-0.1, -0.05) is 0 Å². The second-order valence-electron chi connectivity index (χ2n) is 4.30.